The molecule has 6 heteroatoms. The molecular formula is C17H14N4OS. The molecule has 2 aromatic heterocycles. The standard InChI is InChI=1S/C17H14N4OS/c1-21(2)17(23)22-10-7-8-13-14(9-10)18-15-11-5-3-4-6-12(11)19-16(15)20-13/h3-9H,1-2H3,(H,19,20). The molecule has 4 rings (SSSR count). The van der Waals surface area contributed by atoms with E-state index in [1.807, 2.05) is 56.6 Å². The fraction of sp³-hybridized carbons (Fsp3) is 0.118. The molecule has 0 atom stereocenters. The van der Waals surface area contributed by atoms with Crippen LogP contribution >= 0.6 is 12.2 Å². The van der Waals surface area contributed by atoms with Crippen LogP contribution in [0.25, 0.3) is 33.1 Å². The predicted octanol–water partition coefficient (Wildman–Crippen LogP) is 3.49. The Hall–Kier alpha value is -2.73. The van der Waals surface area contributed by atoms with Crippen molar-refractivity contribution in [3.63, 3.8) is 0 Å². The molecule has 23 heavy (non-hydrogen) atoms. The van der Waals surface area contributed by atoms with Gasteiger partial charge in [-0.05, 0) is 30.4 Å². The maximum atomic E-state index is 5.65. The van der Waals surface area contributed by atoms with Crippen LogP contribution in [-0.4, -0.2) is 39.1 Å². The van der Waals surface area contributed by atoms with Crippen LogP contribution in [0.1, 0.15) is 0 Å². The molecule has 0 aliphatic heterocycles. The smallest absolute Gasteiger partial charge is 0.264 e. The molecule has 2 heterocycles. The summed E-state index contributed by atoms with van der Waals surface area (Å²) in [6, 6.07) is 13.6. The molecule has 0 aliphatic rings. The Labute approximate surface area is 137 Å². The third-order valence-corrected chi connectivity index (χ3v) is 4.09. The summed E-state index contributed by atoms with van der Waals surface area (Å²) in [6.45, 7) is 0. The summed E-state index contributed by atoms with van der Waals surface area (Å²) in [7, 11) is 3.69. The summed E-state index contributed by atoms with van der Waals surface area (Å²) in [5.74, 6) is 0.657. The Morgan fingerprint density at radius 3 is 2.74 bits per heavy atom. The summed E-state index contributed by atoms with van der Waals surface area (Å²) in [6.07, 6.45) is 0. The highest BCUT2D eigenvalue weighted by Gasteiger charge is 2.10. The lowest BCUT2D eigenvalue weighted by Gasteiger charge is -2.14. The molecule has 0 radical (unpaired) electrons. The van der Waals surface area contributed by atoms with E-state index >= 15 is 0 Å². The first-order valence-electron chi connectivity index (χ1n) is 7.19. The normalized spacial score (nSPS) is 11.2. The number of rotatable bonds is 1. The van der Waals surface area contributed by atoms with Gasteiger partial charge < -0.3 is 14.6 Å². The highest BCUT2D eigenvalue weighted by molar-refractivity contribution is 7.80. The monoisotopic (exact) mass is 322 g/mol. The van der Waals surface area contributed by atoms with E-state index in [1.165, 1.54) is 0 Å². The highest BCUT2D eigenvalue weighted by Crippen LogP contribution is 2.26. The van der Waals surface area contributed by atoms with Crippen molar-refractivity contribution < 1.29 is 4.74 Å². The second-order valence-corrected chi connectivity index (χ2v) is 5.85. The third-order valence-electron chi connectivity index (χ3n) is 3.64. The molecule has 0 aliphatic carbocycles. The van der Waals surface area contributed by atoms with Crippen LogP contribution in [0, 0.1) is 0 Å². The number of aromatic nitrogens is 3. The summed E-state index contributed by atoms with van der Waals surface area (Å²) in [5.41, 5.74) is 4.27. The van der Waals surface area contributed by atoms with Gasteiger partial charge >= 0.3 is 0 Å². The van der Waals surface area contributed by atoms with E-state index in [4.69, 9.17) is 21.9 Å². The molecule has 4 aromatic rings. The number of nitrogens with zero attached hydrogens (tertiary/aromatic N) is 3. The van der Waals surface area contributed by atoms with Gasteiger partial charge in [-0.15, -0.1) is 0 Å². The van der Waals surface area contributed by atoms with Crippen LogP contribution in [0.15, 0.2) is 42.5 Å². The maximum Gasteiger partial charge on any atom is 0.264 e. The van der Waals surface area contributed by atoms with E-state index < -0.39 is 0 Å². The fourth-order valence-electron chi connectivity index (χ4n) is 2.49. The first-order valence-corrected chi connectivity index (χ1v) is 7.60. The van der Waals surface area contributed by atoms with Crippen LogP contribution in [0.4, 0.5) is 0 Å². The SMILES string of the molecule is CN(C)C(=S)Oc1ccc2nc3[nH]c4ccccc4c3nc2c1. The second kappa shape index (κ2) is 5.17. The molecule has 2 aromatic carbocycles. The quantitative estimate of drug-likeness (QED) is 0.544. The number of H-pyrrole nitrogens is 1. The molecule has 0 spiro atoms. The van der Waals surface area contributed by atoms with Crippen molar-refractivity contribution in [2.24, 2.45) is 0 Å². The average Bonchev–Trinajstić information content (AvgIpc) is 2.90. The van der Waals surface area contributed by atoms with Crippen molar-refractivity contribution in [1.29, 1.82) is 0 Å². The minimum atomic E-state index is 0.408. The van der Waals surface area contributed by atoms with E-state index in [2.05, 4.69) is 9.97 Å². The number of para-hydroxylation sites is 1. The first-order chi connectivity index (χ1) is 11.1. The Balaban J connectivity index is 1.88. The van der Waals surface area contributed by atoms with Gasteiger partial charge in [0.05, 0.1) is 11.0 Å². The van der Waals surface area contributed by atoms with Gasteiger partial charge in [0.15, 0.2) is 5.65 Å². The van der Waals surface area contributed by atoms with Crippen LogP contribution in [0.2, 0.25) is 0 Å². The minimum absolute atomic E-state index is 0.408. The van der Waals surface area contributed by atoms with Gasteiger partial charge in [0.1, 0.15) is 11.3 Å². The van der Waals surface area contributed by atoms with Gasteiger partial charge in [-0.2, -0.15) is 0 Å². The maximum absolute atomic E-state index is 5.65. The first kappa shape index (κ1) is 13.9. The van der Waals surface area contributed by atoms with Crippen LogP contribution in [-0.2, 0) is 0 Å². The molecule has 114 valence electrons. The molecule has 5 nitrogen and oxygen atoms in total. The van der Waals surface area contributed by atoms with Crippen molar-refractivity contribution in [1.82, 2.24) is 19.9 Å². The number of ether oxygens (including phenoxy) is 1. The van der Waals surface area contributed by atoms with E-state index in [9.17, 15) is 0 Å². The van der Waals surface area contributed by atoms with Crippen molar-refractivity contribution in [2.45, 2.75) is 0 Å². The minimum Gasteiger partial charge on any atom is -0.432 e. The summed E-state index contributed by atoms with van der Waals surface area (Å²) >= 11 is 5.17. The lowest BCUT2D eigenvalue weighted by Crippen LogP contribution is -2.24. The Kier molecular flexibility index (Phi) is 3.12. The fourth-order valence-corrected chi connectivity index (χ4v) is 2.59. The van der Waals surface area contributed by atoms with E-state index in [0.717, 1.165) is 33.1 Å². The largest absolute Gasteiger partial charge is 0.432 e. The number of hydrogen-bond donors (Lipinski definition) is 1. The van der Waals surface area contributed by atoms with E-state index in [1.54, 1.807) is 4.90 Å². The van der Waals surface area contributed by atoms with Gasteiger partial charge in [0.25, 0.3) is 5.17 Å². The summed E-state index contributed by atoms with van der Waals surface area (Å²) in [4.78, 5) is 14.4. The zero-order chi connectivity index (χ0) is 16.0. The molecule has 0 fully saturated rings. The zero-order valence-electron chi connectivity index (χ0n) is 12.7. The molecule has 0 bridgehead atoms. The van der Waals surface area contributed by atoms with Crippen molar-refractivity contribution in [3.8, 4) is 5.75 Å². The molecule has 0 saturated heterocycles. The molecular weight excluding hydrogens is 308 g/mol. The van der Waals surface area contributed by atoms with Crippen molar-refractivity contribution in [2.75, 3.05) is 14.1 Å². The topological polar surface area (TPSA) is 54.0 Å². The number of thiocarbonyl (C=S) groups is 1. The zero-order valence-corrected chi connectivity index (χ0v) is 13.5. The van der Waals surface area contributed by atoms with Crippen molar-refractivity contribution in [3.05, 3.63) is 42.5 Å². The summed E-state index contributed by atoms with van der Waals surface area (Å²) in [5, 5.41) is 1.47. The molecule has 1 N–H and O–H groups in total. The van der Waals surface area contributed by atoms with E-state index in [0.29, 0.717) is 10.9 Å². The third kappa shape index (κ3) is 2.37. The van der Waals surface area contributed by atoms with Gasteiger partial charge in [-0.3, -0.25) is 0 Å². The van der Waals surface area contributed by atoms with Gasteiger partial charge in [-0.25, -0.2) is 9.97 Å². The highest BCUT2D eigenvalue weighted by atomic mass is 32.1. The molecule has 0 unspecified atom stereocenters. The lowest BCUT2D eigenvalue weighted by molar-refractivity contribution is 0.450. The van der Waals surface area contributed by atoms with Crippen LogP contribution < -0.4 is 4.74 Å². The summed E-state index contributed by atoms with van der Waals surface area (Å²) < 4.78 is 5.65. The number of hydrogen-bond acceptors (Lipinski definition) is 4. The number of benzene rings is 2. The average molecular weight is 322 g/mol. The van der Waals surface area contributed by atoms with Crippen LogP contribution in [0.3, 0.4) is 0 Å². The number of fused-ring (bicyclic) bond motifs is 4. The Morgan fingerprint density at radius 2 is 1.91 bits per heavy atom. The Morgan fingerprint density at radius 1 is 1.09 bits per heavy atom. The van der Waals surface area contributed by atoms with Gasteiger partial charge in [0.2, 0.25) is 0 Å². The van der Waals surface area contributed by atoms with Gasteiger partial charge in [-0.1, -0.05) is 18.2 Å². The molecule has 0 saturated carbocycles. The lowest BCUT2D eigenvalue weighted by atomic mass is 10.2. The van der Waals surface area contributed by atoms with E-state index in [-0.39, 0.29) is 0 Å². The van der Waals surface area contributed by atoms with Crippen LogP contribution in [0.5, 0.6) is 5.75 Å². The number of nitrogens with one attached hydrogen (secondary N) is 1. The van der Waals surface area contributed by atoms with Crippen molar-refractivity contribution >= 4 is 50.5 Å². The number of aromatic amines is 1. The molecule has 0 amide bonds. The second-order valence-electron chi connectivity index (χ2n) is 5.50. The van der Waals surface area contributed by atoms with Gasteiger partial charge in [0, 0.05) is 31.1 Å². The Bertz CT molecular complexity index is 1050. The predicted molar refractivity (Wildman–Crippen MR) is 95.8 cm³/mol.